The average molecular weight is 498 g/mol. The van der Waals surface area contributed by atoms with Crippen LogP contribution in [-0.2, 0) is 33.7 Å². The van der Waals surface area contributed by atoms with Gasteiger partial charge in [-0.1, -0.05) is 18.2 Å². The van der Waals surface area contributed by atoms with Gasteiger partial charge in [0.05, 0.1) is 27.2 Å². The minimum absolute atomic E-state index is 0.0300. The third-order valence-corrected chi connectivity index (χ3v) is 6.77. The van der Waals surface area contributed by atoms with Gasteiger partial charge in [-0.2, -0.15) is 0 Å². The summed E-state index contributed by atoms with van der Waals surface area (Å²) in [7, 11) is 4.58. The minimum Gasteiger partial charge on any atom is -0.496 e. The van der Waals surface area contributed by atoms with E-state index in [0.717, 1.165) is 5.56 Å². The van der Waals surface area contributed by atoms with Crippen molar-refractivity contribution in [2.75, 3.05) is 47.5 Å². The number of methoxy groups -OCH3 is 2. The molecule has 0 bridgehead atoms. The van der Waals surface area contributed by atoms with Crippen molar-refractivity contribution in [2.45, 2.75) is 25.8 Å². The van der Waals surface area contributed by atoms with E-state index in [9.17, 15) is 19.2 Å². The largest absolute Gasteiger partial charge is 0.496 e. The fraction of sp³-hybridized carbons (Fsp3) is 0.462. The van der Waals surface area contributed by atoms with Crippen LogP contribution < -0.4 is 15.0 Å². The molecule has 2 aliphatic rings. The van der Waals surface area contributed by atoms with Crippen LogP contribution in [0.25, 0.3) is 0 Å². The molecule has 0 radical (unpaired) electrons. The highest BCUT2D eigenvalue weighted by molar-refractivity contribution is 5.93. The third kappa shape index (κ3) is 5.22. The first kappa shape index (κ1) is 25.3. The number of likely N-dealkylation sites (tertiary alicyclic amines) is 1. The molecule has 1 saturated heterocycles. The van der Waals surface area contributed by atoms with E-state index < -0.39 is 5.97 Å². The number of para-hydroxylation sites is 1. The van der Waals surface area contributed by atoms with Gasteiger partial charge in [-0.05, 0) is 6.07 Å². The van der Waals surface area contributed by atoms with Crippen LogP contribution in [0.1, 0.15) is 28.0 Å². The molecular formula is C26H31N3O7. The van der Waals surface area contributed by atoms with Gasteiger partial charge < -0.3 is 28.6 Å². The van der Waals surface area contributed by atoms with Crippen LogP contribution in [-0.4, -0.2) is 79.7 Å². The number of amides is 2. The van der Waals surface area contributed by atoms with E-state index in [2.05, 4.69) is 0 Å². The molecule has 3 heterocycles. The van der Waals surface area contributed by atoms with Crippen LogP contribution in [0.15, 0.2) is 35.1 Å². The van der Waals surface area contributed by atoms with Gasteiger partial charge in [0.2, 0.25) is 11.8 Å². The summed E-state index contributed by atoms with van der Waals surface area (Å²) in [4.78, 5) is 54.1. The lowest BCUT2D eigenvalue weighted by Gasteiger charge is -2.20. The van der Waals surface area contributed by atoms with E-state index in [-0.39, 0.29) is 54.2 Å². The molecule has 1 aromatic carbocycles. The molecule has 1 atom stereocenters. The molecule has 36 heavy (non-hydrogen) atoms. The maximum Gasteiger partial charge on any atom is 0.343 e. The van der Waals surface area contributed by atoms with Gasteiger partial charge in [0.25, 0.3) is 5.56 Å². The molecule has 4 rings (SSSR count). The number of pyridine rings is 1. The van der Waals surface area contributed by atoms with Crippen LogP contribution in [0.2, 0.25) is 0 Å². The van der Waals surface area contributed by atoms with Crippen molar-refractivity contribution in [3.8, 4) is 11.5 Å². The van der Waals surface area contributed by atoms with Gasteiger partial charge in [0, 0.05) is 69.3 Å². The van der Waals surface area contributed by atoms with Crippen molar-refractivity contribution in [2.24, 2.45) is 5.92 Å². The van der Waals surface area contributed by atoms with Crippen molar-refractivity contribution in [3.63, 3.8) is 0 Å². The summed E-state index contributed by atoms with van der Waals surface area (Å²) in [6.45, 7) is 1.67. The highest BCUT2D eigenvalue weighted by atomic mass is 16.5. The number of benzene rings is 1. The number of carbonyl (C=O) groups excluding carboxylic acids is 3. The quantitative estimate of drug-likeness (QED) is 0.528. The summed E-state index contributed by atoms with van der Waals surface area (Å²) in [5.74, 6) is 0.0990. The highest BCUT2D eigenvalue weighted by Gasteiger charge is 2.30. The van der Waals surface area contributed by atoms with E-state index in [1.807, 2.05) is 24.3 Å². The smallest absolute Gasteiger partial charge is 0.343 e. The monoisotopic (exact) mass is 497 g/mol. The predicted molar refractivity (Wildman–Crippen MR) is 130 cm³/mol. The highest BCUT2D eigenvalue weighted by Crippen LogP contribution is 2.26. The Labute approximate surface area is 209 Å². The number of hydrogen-bond donors (Lipinski definition) is 0. The first-order valence-corrected chi connectivity index (χ1v) is 11.9. The van der Waals surface area contributed by atoms with E-state index >= 15 is 0 Å². The van der Waals surface area contributed by atoms with Crippen LogP contribution in [0.4, 0.5) is 0 Å². The zero-order valence-corrected chi connectivity index (χ0v) is 20.8. The molecule has 1 fully saturated rings. The summed E-state index contributed by atoms with van der Waals surface area (Å²) >= 11 is 0. The molecule has 1 aromatic heterocycles. The van der Waals surface area contributed by atoms with Crippen molar-refractivity contribution in [3.05, 3.63) is 57.5 Å². The number of aromatic nitrogens is 1. The van der Waals surface area contributed by atoms with Gasteiger partial charge in [-0.15, -0.1) is 0 Å². The van der Waals surface area contributed by atoms with Gasteiger partial charge in [0.1, 0.15) is 17.1 Å². The van der Waals surface area contributed by atoms with Crippen LogP contribution in [0, 0.1) is 5.92 Å². The van der Waals surface area contributed by atoms with E-state index in [1.54, 1.807) is 24.0 Å². The molecule has 2 amide bonds. The number of fused-ring (bicyclic) bond motifs is 1. The molecule has 0 N–H and O–H groups in total. The maximum atomic E-state index is 13.1. The number of esters is 1. The van der Waals surface area contributed by atoms with Crippen molar-refractivity contribution < 1.29 is 28.6 Å². The average Bonchev–Trinajstić information content (AvgIpc) is 3.05. The zero-order valence-electron chi connectivity index (χ0n) is 20.8. The second kappa shape index (κ2) is 10.8. The van der Waals surface area contributed by atoms with Crippen molar-refractivity contribution >= 4 is 17.8 Å². The van der Waals surface area contributed by atoms with Crippen LogP contribution >= 0.6 is 0 Å². The van der Waals surface area contributed by atoms with Crippen molar-refractivity contribution in [1.82, 2.24) is 14.4 Å². The third-order valence-electron chi connectivity index (χ3n) is 6.77. The number of carbonyl (C=O) groups is 3. The molecule has 0 saturated carbocycles. The molecule has 2 aromatic rings. The summed E-state index contributed by atoms with van der Waals surface area (Å²) in [5, 5.41) is 0. The van der Waals surface area contributed by atoms with Gasteiger partial charge in [-0.25, -0.2) is 4.79 Å². The Morgan fingerprint density at radius 2 is 1.83 bits per heavy atom. The van der Waals surface area contributed by atoms with Crippen LogP contribution in [0.3, 0.4) is 0 Å². The van der Waals surface area contributed by atoms with Crippen molar-refractivity contribution in [1.29, 1.82) is 0 Å². The number of nitrogens with zero attached hydrogens (tertiary/aromatic N) is 3. The second-order valence-corrected chi connectivity index (χ2v) is 9.09. The lowest BCUT2D eigenvalue weighted by Crippen LogP contribution is -2.35. The molecule has 0 unspecified atom stereocenters. The summed E-state index contributed by atoms with van der Waals surface area (Å²) in [5.41, 5.74) is 1.14. The summed E-state index contributed by atoms with van der Waals surface area (Å²) < 4.78 is 17.8. The first-order valence-electron chi connectivity index (χ1n) is 11.9. The number of ether oxygens (including phenoxy) is 3. The SMILES string of the molecule is COC(=O)c1c(OC[C@H]2CC(=O)N(C)C2)cc(=O)n2c1CCN(C(=O)Cc1ccccc1OC)CC2. The molecule has 0 spiro atoms. The molecule has 10 nitrogen and oxygen atoms in total. The Morgan fingerprint density at radius 3 is 2.53 bits per heavy atom. The molecule has 0 aliphatic carbocycles. The van der Waals surface area contributed by atoms with E-state index in [1.165, 1.54) is 17.7 Å². The molecule has 2 aliphatic heterocycles. The Bertz CT molecular complexity index is 1220. The fourth-order valence-electron chi connectivity index (χ4n) is 4.83. The van der Waals surface area contributed by atoms with E-state index in [4.69, 9.17) is 14.2 Å². The predicted octanol–water partition coefficient (Wildman–Crippen LogP) is 1.13. The second-order valence-electron chi connectivity index (χ2n) is 9.09. The number of hydrogen-bond acceptors (Lipinski definition) is 7. The molecule has 192 valence electrons. The maximum absolute atomic E-state index is 13.1. The normalized spacial score (nSPS) is 17.4. The van der Waals surface area contributed by atoms with Crippen LogP contribution in [0.5, 0.6) is 11.5 Å². The summed E-state index contributed by atoms with van der Waals surface area (Å²) in [6.07, 6.45) is 0.818. The Balaban J connectivity index is 1.55. The van der Waals surface area contributed by atoms with Gasteiger partial charge in [-0.3, -0.25) is 14.4 Å². The lowest BCUT2D eigenvalue weighted by atomic mass is 10.1. The first-order chi connectivity index (χ1) is 17.3. The standard InChI is InChI=1S/C26H31N3O7/c1-27-15-17(12-22(27)30)16-36-21-14-24(32)29-11-10-28(9-8-19(29)25(21)26(33)35-3)23(31)13-18-6-4-5-7-20(18)34-2/h4-7,14,17H,8-13,15-16H2,1-3H3/t17-/m0/s1. The number of rotatable bonds is 7. The molecule has 10 heteroatoms. The van der Waals surface area contributed by atoms with Gasteiger partial charge in [0.15, 0.2) is 0 Å². The fourth-order valence-corrected chi connectivity index (χ4v) is 4.83. The Morgan fingerprint density at radius 1 is 1.06 bits per heavy atom. The zero-order chi connectivity index (χ0) is 25.8. The Kier molecular flexibility index (Phi) is 7.61. The van der Waals surface area contributed by atoms with E-state index in [0.29, 0.717) is 43.9 Å². The molecular weight excluding hydrogens is 466 g/mol. The Hall–Kier alpha value is -3.82. The van der Waals surface area contributed by atoms with Gasteiger partial charge >= 0.3 is 5.97 Å². The minimum atomic E-state index is -0.609. The lowest BCUT2D eigenvalue weighted by molar-refractivity contribution is -0.130. The topological polar surface area (TPSA) is 107 Å². The summed E-state index contributed by atoms with van der Waals surface area (Å²) in [6, 6.07) is 8.65.